The third-order valence-corrected chi connectivity index (χ3v) is 4.99. The van der Waals surface area contributed by atoms with Crippen molar-refractivity contribution in [2.75, 3.05) is 18.1 Å². The minimum atomic E-state index is -0.313. The van der Waals surface area contributed by atoms with Gasteiger partial charge in [-0.05, 0) is 49.9 Å². The number of aromatic nitrogens is 3. The van der Waals surface area contributed by atoms with Crippen LogP contribution in [0.25, 0.3) is 23.0 Å². The summed E-state index contributed by atoms with van der Waals surface area (Å²) in [4.78, 5) is 18.0. The summed E-state index contributed by atoms with van der Waals surface area (Å²) in [6, 6.07) is 7.44. The van der Waals surface area contributed by atoms with Crippen molar-refractivity contribution < 1.29 is 18.6 Å². The predicted octanol–water partition coefficient (Wildman–Crippen LogP) is 3.62. The quantitative estimate of drug-likeness (QED) is 0.698. The van der Waals surface area contributed by atoms with Gasteiger partial charge in [-0.1, -0.05) is 10.3 Å². The minimum Gasteiger partial charge on any atom is -0.449 e. The number of ether oxygens (including phenoxy) is 1. The molecule has 3 heterocycles. The van der Waals surface area contributed by atoms with Crippen LogP contribution in [0.3, 0.4) is 0 Å². The first kappa shape index (κ1) is 16.0. The van der Waals surface area contributed by atoms with Gasteiger partial charge in [-0.25, -0.2) is 4.79 Å². The van der Waals surface area contributed by atoms with Crippen molar-refractivity contribution in [3.05, 3.63) is 35.6 Å². The first-order chi connectivity index (χ1) is 13.3. The lowest BCUT2D eigenvalue weighted by Crippen LogP contribution is -2.37. The van der Waals surface area contributed by atoms with Crippen molar-refractivity contribution in [1.29, 1.82) is 0 Å². The third kappa shape index (κ3) is 2.87. The number of benzene rings is 1. The molecule has 1 fully saturated rings. The number of amides is 1. The minimum absolute atomic E-state index is 0.313. The second-order valence-electron chi connectivity index (χ2n) is 6.73. The Balaban J connectivity index is 1.40. The van der Waals surface area contributed by atoms with Crippen LogP contribution in [0.15, 0.2) is 33.3 Å². The number of hydrogen-bond acceptors (Lipinski definition) is 7. The van der Waals surface area contributed by atoms with Crippen LogP contribution < -0.4 is 4.90 Å². The molecule has 8 nitrogen and oxygen atoms in total. The van der Waals surface area contributed by atoms with Crippen LogP contribution in [-0.2, 0) is 17.6 Å². The Labute approximate surface area is 155 Å². The molecule has 8 heteroatoms. The predicted molar refractivity (Wildman–Crippen MR) is 95.2 cm³/mol. The second-order valence-corrected chi connectivity index (χ2v) is 6.73. The number of nitrogens with zero attached hydrogens (tertiary/aromatic N) is 4. The normalized spacial score (nSPS) is 16.9. The number of rotatable bonds is 3. The molecule has 0 N–H and O–H groups in total. The molecule has 1 saturated heterocycles. The van der Waals surface area contributed by atoms with Crippen molar-refractivity contribution in [1.82, 2.24) is 15.3 Å². The van der Waals surface area contributed by atoms with Crippen LogP contribution in [0.4, 0.5) is 10.5 Å². The molecule has 3 aromatic rings. The first-order valence-corrected chi connectivity index (χ1v) is 9.16. The highest BCUT2D eigenvalue weighted by atomic mass is 16.6. The molecular formula is C19H18N4O4. The van der Waals surface area contributed by atoms with Crippen molar-refractivity contribution in [3.63, 3.8) is 0 Å². The molecule has 1 aliphatic carbocycles. The van der Waals surface area contributed by atoms with E-state index in [0.717, 1.165) is 54.7 Å². The molecule has 0 saturated carbocycles. The number of hydrogen-bond donors (Lipinski definition) is 0. The summed E-state index contributed by atoms with van der Waals surface area (Å²) >= 11 is 0. The van der Waals surface area contributed by atoms with Crippen molar-refractivity contribution in [2.45, 2.75) is 32.1 Å². The number of carbonyl (C=O) groups is 1. The number of anilines is 1. The van der Waals surface area contributed by atoms with E-state index in [9.17, 15) is 4.79 Å². The zero-order valence-corrected chi connectivity index (χ0v) is 14.7. The van der Waals surface area contributed by atoms with E-state index in [0.29, 0.717) is 30.6 Å². The van der Waals surface area contributed by atoms with Gasteiger partial charge in [0.25, 0.3) is 5.89 Å². The maximum Gasteiger partial charge on any atom is 0.414 e. The van der Waals surface area contributed by atoms with Gasteiger partial charge < -0.3 is 13.8 Å². The maximum absolute atomic E-state index is 11.8. The van der Waals surface area contributed by atoms with E-state index < -0.39 is 0 Å². The molecule has 138 valence electrons. The largest absolute Gasteiger partial charge is 0.449 e. The fourth-order valence-corrected chi connectivity index (χ4v) is 3.57. The van der Waals surface area contributed by atoms with Gasteiger partial charge in [-0.3, -0.25) is 4.90 Å². The van der Waals surface area contributed by atoms with Gasteiger partial charge in [0.2, 0.25) is 5.82 Å². The van der Waals surface area contributed by atoms with E-state index in [2.05, 4.69) is 15.3 Å². The molecule has 1 amide bonds. The smallest absolute Gasteiger partial charge is 0.414 e. The van der Waals surface area contributed by atoms with Crippen molar-refractivity contribution >= 4 is 11.8 Å². The lowest BCUT2D eigenvalue weighted by Gasteiger charge is -2.26. The van der Waals surface area contributed by atoms with Gasteiger partial charge in [-0.15, -0.1) is 0 Å². The standard InChI is InChI=1S/C19H18N4O4/c24-19-23(10-3-11-25-19)13-8-6-12(7-9-13)17-20-18(27-22-17)16-14-4-1-2-5-15(14)26-21-16/h6-9H,1-5,10-11H2. The molecule has 0 radical (unpaired) electrons. The average molecular weight is 366 g/mol. The number of fused-ring (bicyclic) bond motifs is 1. The molecule has 2 aromatic heterocycles. The highest BCUT2D eigenvalue weighted by molar-refractivity contribution is 5.88. The molecule has 2 aliphatic rings. The van der Waals surface area contributed by atoms with Crippen LogP contribution in [-0.4, -0.2) is 34.5 Å². The second kappa shape index (κ2) is 6.53. The summed E-state index contributed by atoms with van der Waals surface area (Å²) in [5.41, 5.74) is 3.32. The van der Waals surface area contributed by atoms with Crippen LogP contribution in [0.2, 0.25) is 0 Å². The first-order valence-electron chi connectivity index (χ1n) is 9.16. The molecule has 27 heavy (non-hydrogen) atoms. The van der Waals surface area contributed by atoms with E-state index in [1.807, 2.05) is 24.3 Å². The van der Waals surface area contributed by atoms with Gasteiger partial charge in [0.1, 0.15) is 5.76 Å². The van der Waals surface area contributed by atoms with Gasteiger partial charge >= 0.3 is 6.09 Å². The monoisotopic (exact) mass is 366 g/mol. The zero-order valence-electron chi connectivity index (χ0n) is 14.7. The third-order valence-electron chi connectivity index (χ3n) is 4.99. The van der Waals surface area contributed by atoms with Crippen LogP contribution in [0, 0.1) is 0 Å². The molecule has 0 unspecified atom stereocenters. The Bertz CT molecular complexity index is 976. The van der Waals surface area contributed by atoms with Crippen LogP contribution in [0.1, 0.15) is 30.6 Å². The van der Waals surface area contributed by atoms with Gasteiger partial charge in [0.05, 0.1) is 6.61 Å². The average Bonchev–Trinajstić information content (AvgIpc) is 3.35. The summed E-state index contributed by atoms with van der Waals surface area (Å²) in [5.74, 6) is 1.78. The SMILES string of the molecule is O=C1OCCCN1c1ccc(-c2noc(-c3noc4c3CCCC4)n2)cc1. The lowest BCUT2D eigenvalue weighted by atomic mass is 9.96. The molecule has 5 rings (SSSR count). The van der Waals surface area contributed by atoms with E-state index in [-0.39, 0.29) is 6.09 Å². The zero-order chi connectivity index (χ0) is 18.2. The summed E-state index contributed by atoms with van der Waals surface area (Å²) in [5, 5.41) is 8.20. The van der Waals surface area contributed by atoms with E-state index in [1.54, 1.807) is 4.90 Å². The summed E-state index contributed by atoms with van der Waals surface area (Å²) < 4.78 is 15.9. The Morgan fingerprint density at radius 2 is 1.81 bits per heavy atom. The van der Waals surface area contributed by atoms with E-state index in [4.69, 9.17) is 13.8 Å². The molecular weight excluding hydrogens is 348 g/mol. The molecule has 0 spiro atoms. The molecule has 0 bridgehead atoms. The van der Waals surface area contributed by atoms with Crippen molar-refractivity contribution in [2.24, 2.45) is 0 Å². The highest BCUT2D eigenvalue weighted by Gasteiger charge is 2.25. The van der Waals surface area contributed by atoms with Gasteiger partial charge in [-0.2, -0.15) is 4.98 Å². The Morgan fingerprint density at radius 1 is 0.963 bits per heavy atom. The Kier molecular flexibility index (Phi) is 3.88. The van der Waals surface area contributed by atoms with Crippen molar-refractivity contribution in [3.8, 4) is 23.0 Å². The van der Waals surface area contributed by atoms with Crippen LogP contribution in [0.5, 0.6) is 0 Å². The van der Waals surface area contributed by atoms with Gasteiger partial charge in [0.15, 0.2) is 5.69 Å². The maximum atomic E-state index is 11.8. The number of carbonyl (C=O) groups excluding carboxylic acids is 1. The topological polar surface area (TPSA) is 94.5 Å². The Morgan fingerprint density at radius 3 is 2.67 bits per heavy atom. The number of aryl methyl sites for hydroxylation is 1. The van der Waals surface area contributed by atoms with Crippen LogP contribution >= 0.6 is 0 Å². The van der Waals surface area contributed by atoms with E-state index >= 15 is 0 Å². The lowest BCUT2D eigenvalue weighted by molar-refractivity contribution is 0.140. The molecule has 0 atom stereocenters. The summed E-state index contributed by atoms with van der Waals surface area (Å²) in [6.07, 6.45) is 4.57. The fraction of sp³-hybridized carbons (Fsp3) is 0.368. The highest BCUT2D eigenvalue weighted by Crippen LogP contribution is 2.31. The number of cyclic esters (lactones) is 1. The summed E-state index contributed by atoms with van der Waals surface area (Å²) in [6.45, 7) is 1.13. The molecule has 1 aromatic carbocycles. The van der Waals surface area contributed by atoms with E-state index in [1.165, 1.54) is 0 Å². The summed E-state index contributed by atoms with van der Waals surface area (Å²) in [7, 11) is 0. The van der Waals surface area contributed by atoms with Gasteiger partial charge in [0, 0.05) is 29.8 Å². The Hall–Kier alpha value is -3.16. The molecule has 1 aliphatic heterocycles. The fourth-order valence-electron chi connectivity index (χ4n) is 3.57.